The first-order chi connectivity index (χ1) is 6.75. The molecule has 1 aliphatic carbocycles. The van der Waals surface area contributed by atoms with E-state index >= 15 is 0 Å². The zero-order valence-electron chi connectivity index (χ0n) is 8.00. The molecule has 0 aromatic heterocycles. The number of halogens is 1. The lowest BCUT2D eigenvalue weighted by Crippen LogP contribution is -2.13. The van der Waals surface area contributed by atoms with Crippen LogP contribution >= 0.6 is 11.8 Å². The SMILES string of the molecule is Nc1ccc(SCC2CCC2)cc1F. The van der Waals surface area contributed by atoms with Crippen molar-refractivity contribution in [1.29, 1.82) is 0 Å². The van der Waals surface area contributed by atoms with E-state index in [-0.39, 0.29) is 11.5 Å². The van der Waals surface area contributed by atoms with Crippen molar-refractivity contribution in [2.75, 3.05) is 11.5 Å². The zero-order chi connectivity index (χ0) is 9.97. The van der Waals surface area contributed by atoms with Crippen LogP contribution < -0.4 is 5.73 Å². The number of nitrogen functional groups attached to an aromatic ring is 1. The number of thioether (sulfide) groups is 1. The minimum atomic E-state index is -0.302. The van der Waals surface area contributed by atoms with Crippen molar-refractivity contribution in [2.45, 2.75) is 24.2 Å². The Morgan fingerprint density at radius 3 is 2.79 bits per heavy atom. The normalized spacial score (nSPS) is 16.6. The zero-order valence-corrected chi connectivity index (χ0v) is 8.82. The van der Waals surface area contributed by atoms with E-state index in [1.807, 2.05) is 6.07 Å². The van der Waals surface area contributed by atoms with E-state index < -0.39 is 0 Å². The summed E-state index contributed by atoms with van der Waals surface area (Å²) in [4.78, 5) is 0.989. The summed E-state index contributed by atoms with van der Waals surface area (Å²) in [6.45, 7) is 0. The molecule has 1 nitrogen and oxygen atoms in total. The number of benzene rings is 1. The van der Waals surface area contributed by atoms with Gasteiger partial charge in [-0.3, -0.25) is 0 Å². The fraction of sp³-hybridized carbons (Fsp3) is 0.455. The van der Waals surface area contributed by atoms with Crippen LogP contribution in [-0.2, 0) is 0 Å². The molecule has 0 aliphatic heterocycles. The average Bonchev–Trinajstić information content (AvgIpc) is 2.08. The van der Waals surface area contributed by atoms with Gasteiger partial charge < -0.3 is 5.73 Å². The largest absolute Gasteiger partial charge is 0.396 e. The molecule has 1 aromatic carbocycles. The molecule has 0 amide bonds. The first kappa shape index (κ1) is 9.84. The molecule has 76 valence electrons. The second kappa shape index (κ2) is 4.22. The quantitative estimate of drug-likeness (QED) is 0.613. The first-order valence-corrected chi connectivity index (χ1v) is 5.92. The number of hydrogen-bond acceptors (Lipinski definition) is 2. The van der Waals surface area contributed by atoms with Crippen molar-refractivity contribution in [3.8, 4) is 0 Å². The van der Waals surface area contributed by atoms with Crippen molar-refractivity contribution in [3.63, 3.8) is 0 Å². The predicted octanol–water partition coefficient (Wildman–Crippen LogP) is 3.30. The number of anilines is 1. The minimum absolute atomic E-state index is 0.234. The third-order valence-corrected chi connectivity index (χ3v) is 3.91. The molecule has 2 rings (SSSR count). The van der Waals surface area contributed by atoms with E-state index in [9.17, 15) is 4.39 Å². The molecule has 1 fully saturated rings. The van der Waals surface area contributed by atoms with Gasteiger partial charge in [0.1, 0.15) is 5.82 Å². The van der Waals surface area contributed by atoms with Gasteiger partial charge in [0, 0.05) is 10.6 Å². The Hall–Kier alpha value is -0.700. The summed E-state index contributed by atoms with van der Waals surface area (Å²) in [7, 11) is 0. The van der Waals surface area contributed by atoms with Gasteiger partial charge in [-0.05, 0) is 37.0 Å². The second-order valence-electron chi connectivity index (χ2n) is 3.79. The monoisotopic (exact) mass is 211 g/mol. The Bertz CT molecular complexity index is 323. The van der Waals surface area contributed by atoms with Crippen molar-refractivity contribution in [1.82, 2.24) is 0 Å². The molecule has 3 heteroatoms. The van der Waals surface area contributed by atoms with E-state index in [1.54, 1.807) is 17.8 Å². The molecule has 1 aliphatic rings. The van der Waals surface area contributed by atoms with Crippen LogP contribution in [0.2, 0.25) is 0 Å². The minimum Gasteiger partial charge on any atom is -0.396 e. The van der Waals surface area contributed by atoms with Crippen LogP contribution in [0, 0.1) is 11.7 Å². The van der Waals surface area contributed by atoms with E-state index in [1.165, 1.54) is 25.3 Å². The molecule has 2 N–H and O–H groups in total. The number of hydrogen-bond donors (Lipinski definition) is 1. The molecule has 0 unspecified atom stereocenters. The second-order valence-corrected chi connectivity index (χ2v) is 4.88. The lowest BCUT2D eigenvalue weighted by Gasteiger charge is -2.24. The molecule has 0 radical (unpaired) electrons. The summed E-state index contributed by atoms with van der Waals surface area (Å²) >= 11 is 1.73. The van der Waals surface area contributed by atoms with Crippen molar-refractivity contribution in [3.05, 3.63) is 24.0 Å². The van der Waals surface area contributed by atoms with E-state index in [0.717, 1.165) is 16.6 Å². The van der Waals surface area contributed by atoms with Gasteiger partial charge in [0.05, 0.1) is 5.69 Å². The molecule has 0 heterocycles. The van der Waals surface area contributed by atoms with Crippen LogP contribution in [0.4, 0.5) is 10.1 Å². The highest BCUT2D eigenvalue weighted by Crippen LogP contribution is 2.32. The lowest BCUT2D eigenvalue weighted by atomic mass is 9.87. The van der Waals surface area contributed by atoms with Crippen molar-refractivity contribution < 1.29 is 4.39 Å². The fourth-order valence-corrected chi connectivity index (χ4v) is 2.58. The summed E-state index contributed by atoms with van der Waals surface area (Å²) in [5.74, 6) is 1.66. The maximum Gasteiger partial charge on any atom is 0.147 e. The van der Waals surface area contributed by atoms with Gasteiger partial charge in [-0.1, -0.05) is 6.42 Å². The van der Waals surface area contributed by atoms with Crippen LogP contribution in [0.15, 0.2) is 23.1 Å². The fourth-order valence-electron chi connectivity index (χ4n) is 1.47. The molecule has 1 aromatic rings. The Labute approximate surface area is 87.9 Å². The maximum atomic E-state index is 13.1. The third-order valence-electron chi connectivity index (χ3n) is 2.68. The molecule has 0 bridgehead atoms. The highest BCUT2D eigenvalue weighted by Gasteiger charge is 2.17. The molecule has 0 atom stereocenters. The van der Waals surface area contributed by atoms with Gasteiger partial charge in [0.15, 0.2) is 0 Å². The highest BCUT2D eigenvalue weighted by atomic mass is 32.2. The van der Waals surface area contributed by atoms with Gasteiger partial charge in [-0.15, -0.1) is 11.8 Å². The van der Waals surface area contributed by atoms with E-state index in [2.05, 4.69) is 0 Å². The summed E-state index contributed by atoms with van der Waals surface area (Å²) in [6.07, 6.45) is 4.04. The molecule has 1 saturated carbocycles. The predicted molar refractivity (Wildman–Crippen MR) is 58.9 cm³/mol. The molecular weight excluding hydrogens is 197 g/mol. The Morgan fingerprint density at radius 1 is 1.43 bits per heavy atom. The molecular formula is C11H14FNS. The van der Waals surface area contributed by atoms with Gasteiger partial charge in [0.25, 0.3) is 0 Å². The van der Waals surface area contributed by atoms with Crippen molar-refractivity contribution in [2.24, 2.45) is 5.92 Å². The molecule has 14 heavy (non-hydrogen) atoms. The number of nitrogens with two attached hydrogens (primary N) is 1. The summed E-state index contributed by atoms with van der Waals surface area (Å²) < 4.78 is 13.1. The first-order valence-electron chi connectivity index (χ1n) is 4.93. The molecule has 0 saturated heterocycles. The van der Waals surface area contributed by atoms with Gasteiger partial charge in [0.2, 0.25) is 0 Å². The van der Waals surface area contributed by atoms with Gasteiger partial charge in [-0.2, -0.15) is 0 Å². The lowest BCUT2D eigenvalue weighted by molar-refractivity contribution is 0.353. The van der Waals surface area contributed by atoms with Crippen LogP contribution in [0.3, 0.4) is 0 Å². The maximum absolute atomic E-state index is 13.1. The van der Waals surface area contributed by atoms with Crippen molar-refractivity contribution >= 4 is 17.4 Å². The van der Waals surface area contributed by atoms with Gasteiger partial charge in [-0.25, -0.2) is 4.39 Å². The van der Waals surface area contributed by atoms with Crippen LogP contribution in [0.1, 0.15) is 19.3 Å². The molecule has 0 spiro atoms. The van der Waals surface area contributed by atoms with Crippen LogP contribution in [-0.4, -0.2) is 5.75 Å². The Morgan fingerprint density at radius 2 is 2.21 bits per heavy atom. The standard InChI is InChI=1S/C11H14FNS/c12-10-6-9(4-5-11(10)13)14-7-8-2-1-3-8/h4-6,8H,1-3,7,13H2. The summed E-state index contributed by atoms with van der Waals surface area (Å²) in [5, 5.41) is 0. The summed E-state index contributed by atoms with van der Waals surface area (Å²) in [5.41, 5.74) is 5.63. The highest BCUT2D eigenvalue weighted by molar-refractivity contribution is 7.99. The van der Waals surface area contributed by atoms with Crippen LogP contribution in [0.25, 0.3) is 0 Å². The number of rotatable bonds is 3. The van der Waals surface area contributed by atoms with Crippen LogP contribution in [0.5, 0.6) is 0 Å². The third kappa shape index (κ3) is 2.21. The van der Waals surface area contributed by atoms with E-state index in [4.69, 9.17) is 5.73 Å². The Balaban J connectivity index is 1.91. The average molecular weight is 211 g/mol. The van der Waals surface area contributed by atoms with E-state index in [0.29, 0.717) is 0 Å². The topological polar surface area (TPSA) is 26.0 Å². The smallest absolute Gasteiger partial charge is 0.147 e. The Kier molecular flexibility index (Phi) is 2.96. The summed E-state index contributed by atoms with van der Waals surface area (Å²) in [6, 6.07) is 5.05. The van der Waals surface area contributed by atoms with Gasteiger partial charge >= 0.3 is 0 Å².